The molecule has 0 radical (unpaired) electrons. The molecular weight excluding hydrogens is 292 g/mol. The summed E-state index contributed by atoms with van der Waals surface area (Å²) in [5, 5.41) is 2.81. The number of nitrogens with one attached hydrogen (secondary N) is 1. The number of rotatable bonds is 4. The Morgan fingerprint density at radius 1 is 1.13 bits per heavy atom. The minimum atomic E-state index is -0.334. The number of anilines is 1. The first kappa shape index (κ1) is 15.5. The Morgan fingerprint density at radius 2 is 1.74 bits per heavy atom. The third-order valence-corrected chi connectivity index (χ3v) is 4.57. The molecule has 23 heavy (non-hydrogen) atoms. The molecule has 0 unspecified atom stereocenters. The van der Waals surface area contributed by atoms with Crippen molar-refractivity contribution >= 4 is 23.4 Å². The number of hydrogen-bond donors (Lipinski definition) is 1. The number of carbonyl (C=O) groups excluding carboxylic acids is 3. The SMILES string of the molecule is CCc1ccccc1NC(=O)CN1C(=O)[C@H]2CC=CC[C@H]2C1=O. The van der Waals surface area contributed by atoms with Crippen LogP contribution in [0.5, 0.6) is 0 Å². The monoisotopic (exact) mass is 312 g/mol. The fourth-order valence-electron chi connectivity index (χ4n) is 3.31. The van der Waals surface area contributed by atoms with Gasteiger partial charge in [0.05, 0.1) is 11.8 Å². The van der Waals surface area contributed by atoms with Gasteiger partial charge >= 0.3 is 0 Å². The van der Waals surface area contributed by atoms with Crippen LogP contribution < -0.4 is 5.32 Å². The van der Waals surface area contributed by atoms with Gasteiger partial charge in [-0.25, -0.2) is 0 Å². The van der Waals surface area contributed by atoms with E-state index in [0.29, 0.717) is 12.8 Å². The zero-order valence-electron chi connectivity index (χ0n) is 13.1. The maximum absolute atomic E-state index is 12.4. The minimum absolute atomic E-state index is 0.206. The Kier molecular flexibility index (Phi) is 4.28. The third-order valence-electron chi connectivity index (χ3n) is 4.57. The summed E-state index contributed by atoms with van der Waals surface area (Å²) in [4.78, 5) is 38.1. The molecule has 3 amide bonds. The smallest absolute Gasteiger partial charge is 0.244 e. The lowest BCUT2D eigenvalue weighted by molar-refractivity contribution is -0.142. The molecule has 1 aliphatic heterocycles. The zero-order chi connectivity index (χ0) is 16.4. The summed E-state index contributed by atoms with van der Waals surface area (Å²) in [6.07, 6.45) is 5.85. The second-order valence-corrected chi connectivity index (χ2v) is 5.98. The lowest BCUT2D eigenvalue weighted by Gasteiger charge is -2.15. The Hall–Kier alpha value is -2.43. The van der Waals surface area contributed by atoms with Crippen molar-refractivity contribution in [1.29, 1.82) is 0 Å². The van der Waals surface area contributed by atoms with Crippen LogP contribution in [-0.4, -0.2) is 29.2 Å². The lowest BCUT2D eigenvalue weighted by atomic mass is 9.85. The molecule has 2 atom stereocenters. The second kappa shape index (κ2) is 6.36. The van der Waals surface area contributed by atoms with Crippen LogP contribution >= 0.6 is 0 Å². The molecule has 1 saturated heterocycles. The number of amides is 3. The van der Waals surface area contributed by atoms with E-state index in [0.717, 1.165) is 22.6 Å². The standard InChI is InChI=1S/C18H20N2O3/c1-2-12-7-3-6-10-15(12)19-16(21)11-20-17(22)13-8-4-5-9-14(13)18(20)23/h3-7,10,13-14H,2,8-9,11H2,1H3,(H,19,21)/t13-,14+. The summed E-state index contributed by atoms with van der Waals surface area (Å²) in [6, 6.07) is 7.54. The first-order chi connectivity index (χ1) is 11.1. The van der Waals surface area contributed by atoms with E-state index in [9.17, 15) is 14.4 Å². The summed E-state index contributed by atoms with van der Waals surface area (Å²) in [7, 11) is 0. The summed E-state index contributed by atoms with van der Waals surface area (Å²) < 4.78 is 0. The van der Waals surface area contributed by atoms with Crippen LogP contribution in [0.25, 0.3) is 0 Å². The van der Waals surface area contributed by atoms with Crippen LogP contribution in [0.15, 0.2) is 36.4 Å². The van der Waals surface area contributed by atoms with Gasteiger partial charge in [0.25, 0.3) is 0 Å². The molecule has 1 fully saturated rings. The molecule has 5 heteroatoms. The van der Waals surface area contributed by atoms with Gasteiger partial charge in [-0.3, -0.25) is 19.3 Å². The fraction of sp³-hybridized carbons (Fsp3) is 0.389. The van der Waals surface area contributed by atoms with Gasteiger partial charge in [-0.05, 0) is 30.9 Å². The summed E-state index contributed by atoms with van der Waals surface area (Å²) in [6.45, 7) is 1.80. The second-order valence-electron chi connectivity index (χ2n) is 5.98. The maximum Gasteiger partial charge on any atom is 0.244 e. The molecule has 1 N–H and O–H groups in total. The highest BCUT2D eigenvalue weighted by Crippen LogP contribution is 2.34. The van der Waals surface area contributed by atoms with Crippen LogP contribution in [0, 0.1) is 11.8 Å². The van der Waals surface area contributed by atoms with E-state index in [1.807, 2.05) is 43.3 Å². The zero-order valence-corrected chi connectivity index (χ0v) is 13.1. The predicted octanol–water partition coefficient (Wildman–Crippen LogP) is 2.14. The molecular formula is C18H20N2O3. The van der Waals surface area contributed by atoms with Crippen molar-refractivity contribution in [3.8, 4) is 0 Å². The molecule has 0 aromatic heterocycles. The van der Waals surface area contributed by atoms with Gasteiger partial charge < -0.3 is 5.32 Å². The molecule has 3 rings (SSSR count). The quantitative estimate of drug-likeness (QED) is 0.684. The van der Waals surface area contributed by atoms with Gasteiger partial charge in [0.1, 0.15) is 6.54 Å². The van der Waals surface area contributed by atoms with Gasteiger partial charge in [-0.15, -0.1) is 0 Å². The van der Waals surface area contributed by atoms with Crippen LogP contribution in [0.4, 0.5) is 5.69 Å². The van der Waals surface area contributed by atoms with Crippen molar-refractivity contribution in [2.75, 3.05) is 11.9 Å². The number of imide groups is 1. The molecule has 1 heterocycles. The molecule has 120 valence electrons. The van der Waals surface area contributed by atoms with Crippen LogP contribution in [0.2, 0.25) is 0 Å². The molecule has 5 nitrogen and oxygen atoms in total. The molecule has 1 aliphatic carbocycles. The first-order valence-corrected chi connectivity index (χ1v) is 7.99. The van der Waals surface area contributed by atoms with Gasteiger partial charge in [0, 0.05) is 5.69 Å². The van der Waals surface area contributed by atoms with Gasteiger partial charge in [-0.1, -0.05) is 37.3 Å². The van der Waals surface area contributed by atoms with E-state index in [1.54, 1.807) is 0 Å². The highest BCUT2D eigenvalue weighted by molar-refractivity contribution is 6.08. The Bertz CT molecular complexity index is 655. The fourth-order valence-corrected chi connectivity index (χ4v) is 3.31. The molecule has 0 saturated carbocycles. The molecule has 1 aromatic rings. The van der Waals surface area contributed by atoms with E-state index in [2.05, 4.69) is 5.32 Å². The highest BCUT2D eigenvalue weighted by atomic mass is 16.2. The number of para-hydroxylation sites is 1. The molecule has 0 bridgehead atoms. The Morgan fingerprint density at radius 3 is 2.35 bits per heavy atom. The minimum Gasteiger partial charge on any atom is -0.324 e. The van der Waals surface area contributed by atoms with E-state index in [4.69, 9.17) is 0 Å². The van der Waals surface area contributed by atoms with Crippen molar-refractivity contribution < 1.29 is 14.4 Å². The average molecular weight is 312 g/mol. The summed E-state index contributed by atoms with van der Waals surface area (Å²) >= 11 is 0. The van der Waals surface area contributed by atoms with Crippen molar-refractivity contribution in [3.63, 3.8) is 0 Å². The number of nitrogens with zero attached hydrogens (tertiary/aromatic N) is 1. The van der Waals surface area contributed by atoms with Gasteiger partial charge in [0.15, 0.2) is 0 Å². The summed E-state index contributed by atoms with van der Waals surface area (Å²) in [5.41, 5.74) is 1.76. The molecule has 2 aliphatic rings. The number of hydrogen-bond acceptors (Lipinski definition) is 3. The normalized spacial score (nSPS) is 23.1. The van der Waals surface area contributed by atoms with Crippen molar-refractivity contribution in [1.82, 2.24) is 4.90 Å². The number of benzene rings is 1. The Balaban J connectivity index is 1.68. The average Bonchev–Trinajstić information content (AvgIpc) is 2.81. The van der Waals surface area contributed by atoms with Crippen LogP contribution in [-0.2, 0) is 20.8 Å². The lowest BCUT2D eigenvalue weighted by Crippen LogP contribution is -2.38. The van der Waals surface area contributed by atoms with Crippen molar-refractivity contribution in [2.45, 2.75) is 26.2 Å². The molecule has 0 spiro atoms. The van der Waals surface area contributed by atoms with E-state index >= 15 is 0 Å². The number of likely N-dealkylation sites (tertiary alicyclic amines) is 1. The van der Waals surface area contributed by atoms with Crippen molar-refractivity contribution in [2.24, 2.45) is 11.8 Å². The van der Waals surface area contributed by atoms with Gasteiger partial charge in [-0.2, -0.15) is 0 Å². The van der Waals surface area contributed by atoms with E-state index in [1.165, 1.54) is 0 Å². The highest BCUT2D eigenvalue weighted by Gasteiger charge is 2.47. The number of allylic oxidation sites excluding steroid dienone is 2. The van der Waals surface area contributed by atoms with E-state index in [-0.39, 0.29) is 36.1 Å². The largest absolute Gasteiger partial charge is 0.324 e. The van der Waals surface area contributed by atoms with Gasteiger partial charge in [0.2, 0.25) is 17.7 Å². The summed E-state index contributed by atoms with van der Waals surface area (Å²) in [5.74, 6) is -1.35. The first-order valence-electron chi connectivity index (χ1n) is 7.99. The Labute approximate surface area is 135 Å². The number of carbonyl (C=O) groups is 3. The topological polar surface area (TPSA) is 66.5 Å². The van der Waals surface area contributed by atoms with Crippen LogP contribution in [0.3, 0.4) is 0 Å². The van der Waals surface area contributed by atoms with Crippen molar-refractivity contribution in [3.05, 3.63) is 42.0 Å². The number of aryl methyl sites for hydroxylation is 1. The predicted molar refractivity (Wildman–Crippen MR) is 86.5 cm³/mol. The molecule has 1 aromatic carbocycles. The number of fused-ring (bicyclic) bond motifs is 1. The van der Waals surface area contributed by atoms with E-state index < -0.39 is 0 Å². The van der Waals surface area contributed by atoms with Crippen LogP contribution in [0.1, 0.15) is 25.3 Å². The third kappa shape index (κ3) is 2.91. The maximum atomic E-state index is 12.4.